The Hall–Kier alpha value is -1.93. The Balaban J connectivity index is 1.31. The molecule has 4 rings (SSSR count). The van der Waals surface area contributed by atoms with Gasteiger partial charge in [-0.2, -0.15) is 0 Å². The number of morpholine rings is 1. The summed E-state index contributed by atoms with van der Waals surface area (Å²) >= 11 is 0. The first kappa shape index (κ1) is 20.3. The molecule has 160 valence electrons. The van der Waals surface area contributed by atoms with Crippen LogP contribution in [-0.4, -0.2) is 97.8 Å². The number of anilines is 2. The molecule has 0 aliphatic carbocycles. The van der Waals surface area contributed by atoms with Crippen molar-refractivity contribution in [3.63, 3.8) is 0 Å². The van der Waals surface area contributed by atoms with Crippen LogP contribution in [0, 0.1) is 12.8 Å². The molecule has 8 nitrogen and oxygen atoms in total. The van der Waals surface area contributed by atoms with Gasteiger partial charge in [-0.1, -0.05) is 6.92 Å². The van der Waals surface area contributed by atoms with Gasteiger partial charge in [-0.05, 0) is 25.7 Å². The molecule has 0 atom stereocenters. The van der Waals surface area contributed by atoms with Crippen molar-refractivity contribution in [3.8, 4) is 0 Å². The van der Waals surface area contributed by atoms with Crippen LogP contribution in [0.25, 0.3) is 0 Å². The van der Waals surface area contributed by atoms with Crippen molar-refractivity contribution in [3.05, 3.63) is 11.9 Å². The van der Waals surface area contributed by atoms with Gasteiger partial charge in [-0.15, -0.1) is 0 Å². The van der Waals surface area contributed by atoms with Crippen molar-refractivity contribution < 1.29 is 9.53 Å². The molecule has 8 heteroatoms. The molecule has 0 bridgehead atoms. The van der Waals surface area contributed by atoms with Gasteiger partial charge in [-0.25, -0.2) is 9.97 Å². The number of amides is 1. The Morgan fingerprint density at radius 3 is 2.17 bits per heavy atom. The average Bonchev–Trinajstić information content (AvgIpc) is 2.75. The van der Waals surface area contributed by atoms with Crippen molar-refractivity contribution in [2.45, 2.75) is 26.7 Å². The van der Waals surface area contributed by atoms with Crippen molar-refractivity contribution in [2.24, 2.45) is 5.92 Å². The Labute approximate surface area is 173 Å². The number of nitrogens with zero attached hydrogens (tertiary/aromatic N) is 6. The molecular formula is C21H34N6O2. The largest absolute Gasteiger partial charge is 0.378 e. The monoisotopic (exact) mass is 402 g/mol. The summed E-state index contributed by atoms with van der Waals surface area (Å²) in [7, 11) is 0. The summed E-state index contributed by atoms with van der Waals surface area (Å²) < 4.78 is 5.46. The van der Waals surface area contributed by atoms with Crippen LogP contribution in [0.3, 0.4) is 0 Å². The van der Waals surface area contributed by atoms with E-state index in [4.69, 9.17) is 4.74 Å². The second kappa shape index (κ2) is 9.26. The third kappa shape index (κ3) is 5.17. The van der Waals surface area contributed by atoms with Crippen LogP contribution in [0.5, 0.6) is 0 Å². The number of aryl methyl sites for hydroxylation is 1. The van der Waals surface area contributed by atoms with Gasteiger partial charge < -0.3 is 19.4 Å². The fourth-order valence-corrected chi connectivity index (χ4v) is 4.34. The molecule has 1 amide bonds. The average molecular weight is 403 g/mol. The number of rotatable bonds is 4. The zero-order valence-corrected chi connectivity index (χ0v) is 17.8. The van der Waals surface area contributed by atoms with Crippen LogP contribution in [0.1, 0.15) is 25.6 Å². The fourth-order valence-electron chi connectivity index (χ4n) is 4.34. The highest BCUT2D eigenvalue weighted by molar-refractivity contribution is 5.78. The number of carbonyl (C=O) groups is 1. The normalized spacial score (nSPS) is 22.2. The number of piperazine rings is 1. The molecule has 0 N–H and O–H groups in total. The standard InChI is InChI=1S/C21H34N6O2/c1-17-3-5-27(6-4-17)21(28)16-24-7-9-25(10-8-24)19-15-20(23-18(2)22-19)26-11-13-29-14-12-26/h15,17H,3-14,16H2,1-2H3. The predicted molar refractivity (Wildman–Crippen MR) is 113 cm³/mol. The molecule has 0 aromatic carbocycles. The Morgan fingerprint density at radius 2 is 1.55 bits per heavy atom. The molecule has 1 aromatic rings. The number of carbonyl (C=O) groups excluding carboxylic acids is 1. The molecule has 1 aromatic heterocycles. The number of piperidine rings is 1. The minimum Gasteiger partial charge on any atom is -0.378 e. The molecule has 3 fully saturated rings. The van der Waals surface area contributed by atoms with Gasteiger partial charge in [0.2, 0.25) is 5.91 Å². The van der Waals surface area contributed by atoms with E-state index in [2.05, 4.69) is 42.6 Å². The van der Waals surface area contributed by atoms with Crippen LogP contribution in [0.2, 0.25) is 0 Å². The summed E-state index contributed by atoms with van der Waals surface area (Å²) in [6, 6.07) is 2.11. The van der Waals surface area contributed by atoms with Gasteiger partial charge in [0.15, 0.2) is 0 Å². The maximum absolute atomic E-state index is 12.6. The molecule has 3 aliphatic rings. The van der Waals surface area contributed by atoms with Crippen molar-refractivity contribution >= 4 is 17.5 Å². The van der Waals surface area contributed by atoms with Gasteiger partial charge in [-0.3, -0.25) is 9.69 Å². The summed E-state index contributed by atoms with van der Waals surface area (Å²) in [5, 5.41) is 0. The maximum Gasteiger partial charge on any atom is 0.236 e. The van der Waals surface area contributed by atoms with Gasteiger partial charge in [0.05, 0.1) is 19.8 Å². The van der Waals surface area contributed by atoms with E-state index in [-0.39, 0.29) is 5.91 Å². The Kier molecular flexibility index (Phi) is 6.50. The first-order valence-electron chi connectivity index (χ1n) is 11.0. The Bertz CT molecular complexity index is 692. The topological polar surface area (TPSA) is 65.0 Å². The molecule has 3 aliphatic heterocycles. The second-order valence-electron chi connectivity index (χ2n) is 8.56. The van der Waals surface area contributed by atoms with Crippen LogP contribution >= 0.6 is 0 Å². The third-order valence-corrected chi connectivity index (χ3v) is 6.34. The summed E-state index contributed by atoms with van der Waals surface area (Å²) in [4.78, 5) is 30.9. The molecule has 0 spiro atoms. The van der Waals surface area contributed by atoms with E-state index in [1.807, 2.05) is 6.92 Å². The molecule has 4 heterocycles. The van der Waals surface area contributed by atoms with Gasteiger partial charge in [0, 0.05) is 58.4 Å². The molecule has 3 saturated heterocycles. The van der Waals surface area contributed by atoms with Gasteiger partial charge >= 0.3 is 0 Å². The molecule has 0 radical (unpaired) electrons. The van der Waals surface area contributed by atoms with E-state index >= 15 is 0 Å². The number of likely N-dealkylation sites (tertiary alicyclic amines) is 1. The van der Waals surface area contributed by atoms with E-state index in [0.717, 1.165) is 102 Å². The quantitative estimate of drug-likeness (QED) is 0.744. The molecular weight excluding hydrogens is 368 g/mol. The molecule has 29 heavy (non-hydrogen) atoms. The maximum atomic E-state index is 12.6. The summed E-state index contributed by atoms with van der Waals surface area (Å²) in [5.41, 5.74) is 0. The lowest BCUT2D eigenvalue weighted by Gasteiger charge is -2.37. The van der Waals surface area contributed by atoms with Gasteiger partial charge in [0.25, 0.3) is 0 Å². The number of hydrogen-bond donors (Lipinski definition) is 0. The van der Waals surface area contributed by atoms with Crippen LogP contribution in [0.4, 0.5) is 11.6 Å². The lowest BCUT2D eigenvalue weighted by atomic mass is 9.99. The minimum atomic E-state index is 0.290. The lowest BCUT2D eigenvalue weighted by molar-refractivity contribution is -0.133. The second-order valence-corrected chi connectivity index (χ2v) is 8.56. The molecule has 0 saturated carbocycles. The van der Waals surface area contributed by atoms with Crippen LogP contribution in [-0.2, 0) is 9.53 Å². The van der Waals surface area contributed by atoms with Gasteiger partial charge in [0.1, 0.15) is 17.5 Å². The highest BCUT2D eigenvalue weighted by atomic mass is 16.5. The van der Waals surface area contributed by atoms with Crippen molar-refractivity contribution in [2.75, 3.05) is 81.9 Å². The van der Waals surface area contributed by atoms with E-state index < -0.39 is 0 Å². The van der Waals surface area contributed by atoms with Crippen molar-refractivity contribution in [1.29, 1.82) is 0 Å². The number of aromatic nitrogens is 2. The van der Waals surface area contributed by atoms with Crippen LogP contribution in [0.15, 0.2) is 6.07 Å². The predicted octanol–water partition coefficient (Wildman–Crippen LogP) is 1.00. The fraction of sp³-hybridized carbons (Fsp3) is 0.762. The highest BCUT2D eigenvalue weighted by Gasteiger charge is 2.25. The SMILES string of the molecule is Cc1nc(N2CCOCC2)cc(N2CCN(CC(=O)N3CCC(C)CC3)CC2)n1. The highest BCUT2D eigenvalue weighted by Crippen LogP contribution is 2.22. The smallest absolute Gasteiger partial charge is 0.236 e. The van der Waals surface area contributed by atoms with E-state index in [9.17, 15) is 4.79 Å². The van der Waals surface area contributed by atoms with Crippen molar-refractivity contribution in [1.82, 2.24) is 19.8 Å². The zero-order valence-electron chi connectivity index (χ0n) is 17.8. The van der Waals surface area contributed by atoms with Crippen LogP contribution < -0.4 is 9.80 Å². The minimum absolute atomic E-state index is 0.290. The first-order valence-corrected chi connectivity index (χ1v) is 11.0. The number of hydrogen-bond acceptors (Lipinski definition) is 7. The lowest BCUT2D eigenvalue weighted by Crippen LogP contribution is -2.51. The van der Waals surface area contributed by atoms with E-state index in [0.29, 0.717) is 6.54 Å². The zero-order chi connectivity index (χ0) is 20.2. The number of ether oxygens (including phenoxy) is 1. The summed E-state index contributed by atoms with van der Waals surface area (Å²) in [5.74, 6) is 3.84. The Morgan fingerprint density at radius 1 is 0.966 bits per heavy atom. The molecule has 0 unspecified atom stereocenters. The first-order chi connectivity index (χ1) is 14.1. The van der Waals surface area contributed by atoms with E-state index in [1.165, 1.54) is 0 Å². The summed E-state index contributed by atoms with van der Waals surface area (Å²) in [6.07, 6.45) is 2.27. The van der Waals surface area contributed by atoms with E-state index in [1.54, 1.807) is 0 Å². The third-order valence-electron chi connectivity index (χ3n) is 6.34. The summed E-state index contributed by atoms with van der Waals surface area (Å²) in [6.45, 7) is 13.5.